The smallest absolute Gasteiger partial charge is 0.306 e. The van der Waals surface area contributed by atoms with Crippen LogP contribution in [0.5, 0.6) is 0 Å². The van der Waals surface area contributed by atoms with Crippen LogP contribution in [0.2, 0.25) is 0 Å². The summed E-state index contributed by atoms with van der Waals surface area (Å²) in [7, 11) is 0. The van der Waals surface area contributed by atoms with Crippen molar-refractivity contribution in [1.82, 2.24) is 0 Å². The number of carbonyl (C=O) groups is 8. The Morgan fingerprint density at radius 2 is 0.548 bits per heavy atom. The summed E-state index contributed by atoms with van der Waals surface area (Å²) in [5.41, 5.74) is 0. The topological polar surface area (TPSA) is 298 Å². The fourth-order valence-corrected chi connectivity index (χ4v) is 4.82. The van der Waals surface area contributed by atoms with Gasteiger partial charge in [-0.1, -0.05) is 13.8 Å². The molecule has 16 heteroatoms. The van der Waals surface area contributed by atoms with Crippen molar-refractivity contribution in [1.29, 1.82) is 0 Å². The van der Waals surface area contributed by atoms with Crippen LogP contribution < -0.4 is 0 Å². The Balaban J connectivity index is 5.97. The summed E-state index contributed by atoms with van der Waals surface area (Å²) >= 11 is 0. The zero-order chi connectivity index (χ0) is 32.9. The van der Waals surface area contributed by atoms with E-state index in [4.69, 9.17) is 5.11 Å². The van der Waals surface area contributed by atoms with Crippen molar-refractivity contribution in [3.8, 4) is 0 Å². The van der Waals surface area contributed by atoms with E-state index in [0.717, 1.165) is 0 Å². The minimum Gasteiger partial charge on any atom is -0.481 e. The van der Waals surface area contributed by atoms with Gasteiger partial charge in [0.05, 0.1) is 47.3 Å². The van der Waals surface area contributed by atoms with Crippen molar-refractivity contribution in [2.24, 2.45) is 47.3 Å². The van der Waals surface area contributed by atoms with Crippen molar-refractivity contribution in [3.63, 3.8) is 0 Å². The Hall–Kier alpha value is -4.24. The molecule has 8 N–H and O–H groups in total. The third-order valence-corrected chi connectivity index (χ3v) is 7.41. The molecule has 0 aliphatic rings. The molecule has 0 fully saturated rings. The Kier molecular flexibility index (Phi) is 15.8. The lowest BCUT2D eigenvalue weighted by molar-refractivity contribution is -0.151. The monoisotopic (exact) mass is 606 g/mol. The molecule has 0 aromatic carbocycles. The first-order chi connectivity index (χ1) is 19.3. The second kappa shape index (κ2) is 17.5. The minimum absolute atomic E-state index is 0.0532. The molecule has 0 amide bonds. The number of carboxylic acids is 8. The molecule has 0 bridgehead atoms. The van der Waals surface area contributed by atoms with Crippen molar-refractivity contribution in [2.45, 2.75) is 65.2 Å². The summed E-state index contributed by atoms with van der Waals surface area (Å²) in [6, 6.07) is 0. The molecule has 0 radical (unpaired) electrons. The molecule has 0 rings (SSSR count). The first-order valence-electron chi connectivity index (χ1n) is 13.1. The lowest BCUT2D eigenvalue weighted by Gasteiger charge is -2.26. The SMILES string of the molecule is CCC(CC(CC(CC(CC(CC(CC(CC(C)C(=O)O)C(=O)O)C(=O)O)C(=O)O)C(=O)O)C(=O)O)C(=O)O)C(=O)O. The van der Waals surface area contributed by atoms with E-state index in [1.165, 1.54) is 13.8 Å². The standard InChI is InChI=1S/C26H38O16/c1-3-12(20(29)30)5-14(22(33)34)7-16(24(37)38)9-18(26(41)42)10-17(25(39)40)8-15(23(35)36)6-13(21(31)32)4-11(2)19(27)28/h11-18H,3-10H2,1-2H3,(H,27,28)(H,29,30)(H,31,32)(H,33,34)(H,35,36)(H,37,38)(H,39,40)(H,41,42). The first-order valence-corrected chi connectivity index (χ1v) is 13.1. The number of carboxylic acid groups (broad SMARTS) is 8. The zero-order valence-corrected chi connectivity index (χ0v) is 23.1. The van der Waals surface area contributed by atoms with Crippen molar-refractivity contribution in [3.05, 3.63) is 0 Å². The van der Waals surface area contributed by atoms with Crippen molar-refractivity contribution >= 4 is 47.8 Å². The highest BCUT2D eigenvalue weighted by molar-refractivity contribution is 5.79. The Bertz CT molecular complexity index is 1020. The summed E-state index contributed by atoms with van der Waals surface area (Å²) in [6.45, 7) is 2.71. The maximum atomic E-state index is 12.0. The molecule has 0 aliphatic heterocycles. The van der Waals surface area contributed by atoms with Crippen LogP contribution in [0.3, 0.4) is 0 Å². The maximum Gasteiger partial charge on any atom is 0.306 e. The van der Waals surface area contributed by atoms with Crippen LogP contribution in [0.4, 0.5) is 0 Å². The summed E-state index contributed by atoms with van der Waals surface area (Å²) in [5.74, 6) is -23.9. The third-order valence-electron chi connectivity index (χ3n) is 7.41. The predicted octanol–water partition coefficient (Wildman–Crippen LogP) is 1.75. The van der Waals surface area contributed by atoms with Crippen molar-refractivity contribution < 1.29 is 79.2 Å². The molecule has 16 nitrogen and oxygen atoms in total. The number of rotatable bonds is 23. The van der Waals surface area contributed by atoms with Crippen LogP contribution in [-0.4, -0.2) is 88.6 Å². The molecule has 238 valence electrons. The fourth-order valence-electron chi connectivity index (χ4n) is 4.82. The van der Waals surface area contributed by atoms with E-state index in [1.807, 2.05) is 0 Å². The van der Waals surface area contributed by atoms with Crippen LogP contribution >= 0.6 is 0 Å². The van der Waals surface area contributed by atoms with Gasteiger partial charge in [0.25, 0.3) is 0 Å². The summed E-state index contributed by atoms with van der Waals surface area (Å²) < 4.78 is 0. The summed E-state index contributed by atoms with van der Waals surface area (Å²) in [4.78, 5) is 93.6. The first kappa shape index (κ1) is 37.8. The fraction of sp³-hybridized carbons (Fsp3) is 0.692. The molecule has 42 heavy (non-hydrogen) atoms. The highest BCUT2D eigenvalue weighted by Crippen LogP contribution is 2.33. The molecule has 8 atom stereocenters. The summed E-state index contributed by atoms with van der Waals surface area (Å²) in [6.07, 6.45) is -4.37. The van der Waals surface area contributed by atoms with Gasteiger partial charge < -0.3 is 40.9 Å². The molecule has 0 aromatic heterocycles. The van der Waals surface area contributed by atoms with E-state index < -0.39 is 140 Å². The van der Waals surface area contributed by atoms with Gasteiger partial charge in [0.2, 0.25) is 0 Å². The van der Waals surface area contributed by atoms with Gasteiger partial charge in [-0.2, -0.15) is 0 Å². The van der Waals surface area contributed by atoms with Crippen LogP contribution in [0.1, 0.15) is 65.2 Å². The van der Waals surface area contributed by atoms with E-state index >= 15 is 0 Å². The van der Waals surface area contributed by atoms with E-state index in [-0.39, 0.29) is 6.42 Å². The Labute approximate surface area is 240 Å². The normalized spacial score (nSPS) is 16.9. The van der Waals surface area contributed by atoms with Gasteiger partial charge in [0.15, 0.2) is 0 Å². The number of hydrogen-bond donors (Lipinski definition) is 8. The minimum atomic E-state index is -1.69. The van der Waals surface area contributed by atoms with Gasteiger partial charge in [0.1, 0.15) is 0 Å². The molecule has 8 unspecified atom stereocenters. The average molecular weight is 607 g/mol. The molecule has 0 spiro atoms. The molecular formula is C26H38O16. The quantitative estimate of drug-likeness (QED) is 0.0821. The van der Waals surface area contributed by atoms with E-state index in [0.29, 0.717) is 0 Å². The highest BCUT2D eigenvalue weighted by atomic mass is 16.4. The molecule has 0 aliphatic carbocycles. The predicted molar refractivity (Wildman–Crippen MR) is 137 cm³/mol. The van der Waals surface area contributed by atoms with Gasteiger partial charge in [0, 0.05) is 0 Å². The van der Waals surface area contributed by atoms with Crippen molar-refractivity contribution in [2.75, 3.05) is 0 Å². The number of hydrogen-bond acceptors (Lipinski definition) is 8. The van der Waals surface area contributed by atoms with Gasteiger partial charge in [-0.15, -0.1) is 0 Å². The number of aliphatic carboxylic acids is 8. The van der Waals surface area contributed by atoms with Crippen LogP contribution in [-0.2, 0) is 38.4 Å². The van der Waals surface area contributed by atoms with E-state index in [2.05, 4.69) is 0 Å². The molecular weight excluding hydrogens is 568 g/mol. The average Bonchev–Trinajstić information content (AvgIpc) is 2.86. The van der Waals surface area contributed by atoms with Crippen LogP contribution in [0.15, 0.2) is 0 Å². The van der Waals surface area contributed by atoms with Crippen LogP contribution in [0.25, 0.3) is 0 Å². The Morgan fingerprint density at radius 1 is 0.357 bits per heavy atom. The van der Waals surface area contributed by atoms with Crippen LogP contribution in [0, 0.1) is 47.3 Å². The van der Waals surface area contributed by atoms with Gasteiger partial charge in [-0.3, -0.25) is 38.4 Å². The highest BCUT2D eigenvalue weighted by Gasteiger charge is 2.38. The Morgan fingerprint density at radius 3 is 0.714 bits per heavy atom. The third kappa shape index (κ3) is 13.0. The van der Waals surface area contributed by atoms with E-state index in [9.17, 15) is 74.1 Å². The zero-order valence-electron chi connectivity index (χ0n) is 23.1. The summed E-state index contributed by atoms with van der Waals surface area (Å²) in [5, 5.41) is 76.0. The lowest BCUT2D eigenvalue weighted by atomic mass is 9.77. The molecule has 0 saturated carbocycles. The molecule has 0 heterocycles. The van der Waals surface area contributed by atoms with Gasteiger partial charge in [-0.25, -0.2) is 0 Å². The largest absolute Gasteiger partial charge is 0.481 e. The van der Waals surface area contributed by atoms with E-state index in [1.54, 1.807) is 0 Å². The van der Waals surface area contributed by atoms with Gasteiger partial charge >= 0.3 is 47.8 Å². The lowest BCUT2D eigenvalue weighted by Crippen LogP contribution is -2.32. The van der Waals surface area contributed by atoms with Gasteiger partial charge in [-0.05, 0) is 51.4 Å². The molecule has 0 saturated heterocycles. The second-order valence-corrected chi connectivity index (χ2v) is 10.5. The molecule has 0 aromatic rings. The maximum absolute atomic E-state index is 12.0. The second-order valence-electron chi connectivity index (χ2n) is 10.5.